The number of rotatable bonds is 8. The van der Waals surface area contributed by atoms with Crippen LogP contribution < -0.4 is 16.0 Å². The van der Waals surface area contributed by atoms with Gasteiger partial charge in [0, 0.05) is 17.6 Å². The highest BCUT2D eigenvalue weighted by molar-refractivity contribution is 6.31. The van der Waals surface area contributed by atoms with Crippen molar-refractivity contribution in [3.05, 3.63) is 34.9 Å². The molecule has 3 N–H and O–H groups in total. The Bertz CT molecular complexity index is 480. The molecule has 6 heteroatoms. The number of benzene rings is 1. The first-order chi connectivity index (χ1) is 10.0. The van der Waals surface area contributed by atoms with Crippen LogP contribution in [0.25, 0.3) is 0 Å². The van der Waals surface area contributed by atoms with Gasteiger partial charge in [-0.15, -0.1) is 0 Å². The van der Waals surface area contributed by atoms with Crippen molar-refractivity contribution in [3.63, 3.8) is 0 Å². The highest BCUT2D eigenvalue weighted by atomic mass is 35.5. The fourth-order valence-corrected chi connectivity index (χ4v) is 2.05. The van der Waals surface area contributed by atoms with Gasteiger partial charge >= 0.3 is 0 Å². The lowest BCUT2D eigenvalue weighted by Gasteiger charge is -2.15. The molecule has 0 bridgehead atoms. The average Bonchev–Trinajstić information content (AvgIpc) is 2.48. The molecule has 116 valence electrons. The Morgan fingerprint density at radius 2 is 1.81 bits per heavy atom. The summed E-state index contributed by atoms with van der Waals surface area (Å²) in [5.41, 5.74) is 0.938. The smallest absolute Gasteiger partial charge is 0.239 e. The summed E-state index contributed by atoms with van der Waals surface area (Å²) in [6.45, 7) is 4.66. The van der Waals surface area contributed by atoms with Crippen molar-refractivity contribution < 1.29 is 9.59 Å². The molecule has 0 aliphatic heterocycles. The van der Waals surface area contributed by atoms with Gasteiger partial charge in [0.05, 0.1) is 13.1 Å². The van der Waals surface area contributed by atoms with E-state index in [-0.39, 0.29) is 30.9 Å². The summed E-state index contributed by atoms with van der Waals surface area (Å²) in [5.74, 6) is -0.398. The van der Waals surface area contributed by atoms with Gasteiger partial charge < -0.3 is 16.0 Å². The summed E-state index contributed by atoms with van der Waals surface area (Å²) < 4.78 is 0. The van der Waals surface area contributed by atoms with E-state index in [9.17, 15) is 9.59 Å². The largest absolute Gasteiger partial charge is 0.355 e. The van der Waals surface area contributed by atoms with E-state index in [1.54, 1.807) is 0 Å². The third kappa shape index (κ3) is 6.60. The van der Waals surface area contributed by atoms with Gasteiger partial charge in [-0.2, -0.15) is 0 Å². The molecule has 1 aromatic carbocycles. The standard InChI is InChI=1S/C15H22ClN3O2/c1-3-8-17-14(20)10-19-15(21)9-18-11(2)12-6-4-5-7-13(12)16/h4-7,11,18H,3,8-10H2,1-2H3,(H,17,20)(H,19,21)/t11-/m0/s1. The van der Waals surface area contributed by atoms with E-state index in [4.69, 9.17) is 11.6 Å². The Balaban J connectivity index is 2.30. The van der Waals surface area contributed by atoms with Crippen molar-refractivity contribution in [1.29, 1.82) is 0 Å². The zero-order valence-electron chi connectivity index (χ0n) is 12.4. The summed E-state index contributed by atoms with van der Waals surface area (Å²) in [4.78, 5) is 23.0. The molecule has 0 saturated heterocycles. The number of amides is 2. The second-order valence-electron chi connectivity index (χ2n) is 4.75. The maximum Gasteiger partial charge on any atom is 0.239 e. The maximum atomic E-state index is 11.7. The molecule has 0 unspecified atom stereocenters. The van der Waals surface area contributed by atoms with Crippen molar-refractivity contribution in [2.75, 3.05) is 19.6 Å². The Morgan fingerprint density at radius 3 is 2.48 bits per heavy atom. The van der Waals surface area contributed by atoms with Crippen LogP contribution in [0.1, 0.15) is 31.9 Å². The lowest BCUT2D eigenvalue weighted by molar-refractivity contribution is -0.125. The Labute approximate surface area is 130 Å². The Hall–Kier alpha value is -1.59. The minimum Gasteiger partial charge on any atom is -0.355 e. The van der Waals surface area contributed by atoms with Gasteiger partial charge in [0.25, 0.3) is 0 Å². The normalized spacial score (nSPS) is 11.8. The van der Waals surface area contributed by atoms with Gasteiger partial charge in [0.2, 0.25) is 11.8 Å². The summed E-state index contributed by atoms with van der Waals surface area (Å²) in [5, 5.41) is 9.00. The maximum absolute atomic E-state index is 11.7. The fraction of sp³-hybridized carbons (Fsp3) is 0.467. The van der Waals surface area contributed by atoms with Crippen LogP contribution in [0.15, 0.2) is 24.3 Å². The zero-order valence-corrected chi connectivity index (χ0v) is 13.2. The Morgan fingerprint density at radius 1 is 1.14 bits per heavy atom. The number of halogens is 1. The minimum absolute atomic E-state index is 0.000980. The van der Waals surface area contributed by atoms with E-state index in [0.717, 1.165) is 12.0 Å². The van der Waals surface area contributed by atoms with Gasteiger partial charge in [-0.1, -0.05) is 36.7 Å². The predicted octanol–water partition coefficient (Wildman–Crippen LogP) is 1.63. The average molecular weight is 312 g/mol. The molecule has 0 aliphatic carbocycles. The number of hydrogen-bond acceptors (Lipinski definition) is 3. The van der Waals surface area contributed by atoms with Crippen molar-refractivity contribution in [2.24, 2.45) is 0 Å². The second kappa shape index (κ2) is 9.37. The van der Waals surface area contributed by atoms with Gasteiger partial charge in [-0.3, -0.25) is 9.59 Å². The molecule has 0 saturated carbocycles. The molecule has 21 heavy (non-hydrogen) atoms. The van der Waals surface area contributed by atoms with Gasteiger partial charge in [-0.05, 0) is 25.0 Å². The van der Waals surface area contributed by atoms with Gasteiger partial charge in [0.1, 0.15) is 0 Å². The van der Waals surface area contributed by atoms with Crippen LogP contribution in [-0.4, -0.2) is 31.4 Å². The molecule has 1 rings (SSSR count). The monoisotopic (exact) mass is 311 g/mol. The van der Waals surface area contributed by atoms with Crippen LogP contribution in [0.3, 0.4) is 0 Å². The zero-order chi connectivity index (χ0) is 15.7. The molecule has 0 heterocycles. The highest BCUT2D eigenvalue weighted by Crippen LogP contribution is 2.21. The van der Waals surface area contributed by atoms with Crippen molar-refractivity contribution in [1.82, 2.24) is 16.0 Å². The van der Waals surface area contributed by atoms with Crippen LogP contribution in [-0.2, 0) is 9.59 Å². The van der Waals surface area contributed by atoms with Crippen LogP contribution in [0.2, 0.25) is 5.02 Å². The first-order valence-corrected chi connectivity index (χ1v) is 7.43. The molecule has 0 fully saturated rings. The molecular weight excluding hydrogens is 290 g/mol. The number of carbonyl (C=O) groups is 2. The van der Waals surface area contributed by atoms with E-state index in [1.807, 2.05) is 38.1 Å². The molecule has 0 radical (unpaired) electrons. The van der Waals surface area contributed by atoms with Crippen molar-refractivity contribution >= 4 is 23.4 Å². The number of nitrogens with one attached hydrogen (secondary N) is 3. The molecular formula is C15H22ClN3O2. The van der Waals surface area contributed by atoms with Crippen LogP contribution in [0.5, 0.6) is 0 Å². The van der Waals surface area contributed by atoms with E-state index < -0.39 is 0 Å². The lowest BCUT2D eigenvalue weighted by Crippen LogP contribution is -2.41. The van der Waals surface area contributed by atoms with E-state index in [2.05, 4.69) is 16.0 Å². The quantitative estimate of drug-likeness (QED) is 0.683. The van der Waals surface area contributed by atoms with Crippen molar-refractivity contribution in [2.45, 2.75) is 26.3 Å². The predicted molar refractivity (Wildman–Crippen MR) is 84.2 cm³/mol. The SMILES string of the molecule is CCCNC(=O)CNC(=O)CN[C@@H](C)c1ccccc1Cl. The van der Waals surface area contributed by atoms with E-state index in [1.165, 1.54) is 0 Å². The fourth-order valence-electron chi connectivity index (χ4n) is 1.75. The minimum atomic E-state index is -0.222. The van der Waals surface area contributed by atoms with Crippen molar-refractivity contribution in [3.8, 4) is 0 Å². The van der Waals surface area contributed by atoms with Crippen LogP contribution >= 0.6 is 11.6 Å². The number of hydrogen-bond donors (Lipinski definition) is 3. The molecule has 0 spiro atoms. The van der Waals surface area contributed by atoms with Crippen LogP contribution in [0.4, 0.5) is 0 Å². The number of carbonyl (C=O) groups excluding carboxylic acids is 2. The first-order valence-electron chi connectivity index (χ1n) is 7.05. The van der Waals surface area contributed by atoms with E-state index in [0.29, 0.717) is 11.6 Å². The third-order valence-electron chi connectivity index (χ3n) is 2.96. The van der Waals surface area contributed by atoms with Crippen LogP contribution in [0, 0.1) is 0 Å². The van der Waals surface area contributed by atoms with E-state index >= 15 is 0 Å². The highest BCUT2D eigenvalue weighted by Gasteiger charge is 2.11. The molecule has 0 aromatic heterocycles. The summed E-state index contributed by atoms with van der Waals surface area (Å²) in [7, 11) is 0. The summed E-state index contributed by atoms with van der Waals surface area (Å²) in [6.07, 6.45) is 0.872. The van der Waals surface area contributed by atoms with Gasteiger partial charge in [-0.25, -0.2) is 0 Å². The molecule has 2 amide bonds. The summed E-state index contributed by atoms with van der Waals surface area (Å²) in [6, 6.07) is 7.44. The molecule has 1 atom stereocenters. The molecule has 0 aliphatic rings. The molecule has 5 nitrogen and oxygen atoms in total. The second-order valence-corrected chi connectivity index (χ2v) is 5.16. The lowest BCUT2D eigenvalue weighted by atomic mass is 10.1. The first kappa shape index (κ1) is 17.5. The summed E-state index contributed by atoms with van der Waals surface area (Å²) >= 11 is 6.09. The third-order valence-corrected chi connectivity index (χ3v) is 3.30. The van der Waals surface area contributed by atoms with Gasteiger partial charge in [0.15, 0.2) is 0 Å². The topological polar surface area (TPSA) is 70.2 Å². The molecule has 1 aromatic rings. The Kier molecular flexibility index (Phi) is 7.79.